The fourth-order valence-electron chi connectivity index (χ4n) is 1.50. The number of aryl methyl sites for hydroxylation is 1. The molecule has 0 unspecified atom stereocenters. The molecule has 0 amide bonds. The second kappa shape index (κ2) is 7.05. The molecule has 98 valence electrons. The highest BCUT2D eigenvalue weighted by Gasteiger charge is 2.15. The Bertz CT molecular complexity index is 335. The molecule has 0 radical (unpaired) electrons. The van der Waals surface area contributed by atoms with Crippen LogP contribution in [0.15, 0.2) is 0 Å². The lowest BCUT2D eigenvalue weighted by Crippen LogP contribution is -2.33. The smallest absolute Gasteiger partial charge is 0.187 e. The molecule has 5 nitrogen and oxygen atoms in total. The monoisotopic (exact) mass is 275 g/mol. The van der Waals surface area contributed by atoms with Gasteiger partial charge in [0.2, 0.25) is 0 Å². The molecule has 0 aromatic carbocycles. The van der Waals surface area contributed by atoms with Gasteiger partial charge in [0.25, 0.3) is 0 Å². The second-order valence-electron chi connectivity index (χ2n) is 3.62. The number of hydrogen-bond acceptors (Lipinski definition) is 7. The quantitative estimate of drug-likeness (QED) is 0.720. The Morgan fingerprint density at radius 1 is 1.29 bits per heavy atom. The van der Waals surface area contributed by atoms with Crippen molar-refractivity contribution >= 4 is 34.2 Å². The number of hydrogen-bond donors (Lipinski definition) is 2. The van der Waals surface area contributed by atoms with Crippen LogP contribution in [0.1, 0.15) is 4.88 Å². The van der Waals surface area contributed by atoms with Gasteiger partial charge >= 0.3 is 0 Å². The predicted molar refractivity (Wildman–Crippen MR) is 79.1 cm³/mol. The highest BCUT2D eigenvalue weighted by Crippen LogP contribution is 2.32. The van der Waals surface area contributed by atoms with Crippen molar-refractivity contribution in [3.8, 4) is 0 Å². The van der Waals surface area contributed by atoms with E-state index < -0.39 is 0 Å². The second-order valence-corrected chi connectivity index (χ2v) is 5.72. The van der Waals surface area contributed by atoms with Crippen LogP contribution in [0, 0.1) is 6.92 Å². The van der Waals surface area contributed by atoms with Gasteiger partial charge in [0, 0.05) is 44.4 Å². The summed E-state index contributed by atoms with van der Waals surface area (Å²) in [6.07, 6.45) is 2.04. The molecule has 7 heteroatoms. The van der Waals surface area contributed by atoms with Crippen LogP contribution >= 0.6 is 23.3 Å². The zero-order valence-electron chi connectivity index (χ0n) is 10.6. The maximum atomic E-state index is 5.61. The van der Waals surface area contributed by atoms with Crippen LogP contribution in [0.3, 0.4) is 0 Å². The minimum atomic E-state index is 0.617. The fourth-order valence-corrected chi connectivity index (χ4v) is 2.90. The molecule has 1 rings (SSSR count). The summed E-state index contributed by atoms with van der Waals surface area (Å²) < 4.78 is 2.07. The Morgan fingerprint density at radius 3 is 2.35 bits per heavy atom. The summed E-state index contributed by atoms with van der Waals surface area (Å²) in [5.74, 6) is 1.02. The first-order valence-electron chi connectivity index (χ1n) is 5.54. The summed E-state index contributed by atoms with van der Waals surface area (Å²) in [4.78, 5) is 8.02. The molecule has 1 heterocycles. The van der Waals surface area contributed by atoms with E-state index in [-0.39, 0.29) is 0 Å². The highest BCUT2D eigenvalue weighted by atomic mass is 32.2. The van der Waals surface area contributed by atoms with Crippen LogP contribution in [-0.4, -0.2) is 44.5 Å². The molecule has 1 aromatic heterocycles. The average Bonchev–Trinajstić information content (AvgIpc) is 2.70. The third-order valence-electron chi connectivity index (χ3n) is 2.40. The zero-order chi connectivity index (χ0) is 12.8. The van der Waals surface area contributed by atoms with E-state index in [2.05, 4.69) is 21.1 Å². The number of nitrogens with zero attached hydrogens (tertiary/aromatic N) is 3. The summed E-state index contributed by atoms with van der Waals surface area (Å²) in [5, 5.41) is 1.01. The predicted octanol–water partition coefficient (Wildman–Crippen LogP) is 0.890. The van der Waals surface area contributed by atoms with Gasteiger partial charge in [0.15, 0.2) is 10.9 Å². The molecule has 0 aliphatic rings. The largest absolute Gasteiger partial charge is 0.345 e. The van der Waals surface area contributed by atoms with E-state index >= 15 is 0 Å². The Labute approximate surface area is 111 Å². The molecule has 0 saturated carbocycles. The van der Waals surface area contributed by atoms with Gasteiger partial charge in [-0.2, -0.15) is 0 Å². The normalized spacial score (nSPS) is 10.6. The molecule has 0 saturated heterocycles. The van der Waals surface area contributed by atoms with Crippen molar-refractivity contribution in [3.63, 3.8) is 0 Å². The first kappa shape index (κ1) is 14.6. The van der Waals surface area contributed by atoms with Crippen LogP contribution in [0.5, 0.6) is 0 Å². The van der Waals surface area contributed by atoms with E-state index in [1.165, 1.54) is 4.88 Å². The van der Waals surface area contributed by atoms with E-state index in [0.29, 0.717) is 13.1 Å². The van der Waals surface area contributed by atoms with E-state index in [9.17, 15) is 0 Å². The van der Waals surface area contributed by atoms with E-state index in [0.717, 1.165) is 24.0 Å². The lowest BCUT2D eigenvalue weighted by atomic mass is 10.5. The molecule has 1 aromatic rings. The molecular weight excluding hydrogens is 254 g/mol. The Hall–Kier alpha value is -0.500. The summed E-state index contributed by atoms with van der Waals surface area (Å²) in [6.45, 7) is 4.92. The highest BCUT2D eigenvalue weighted by molar-refractivity contribution is 7.99. The lowest BCUT2D eigenvalue weighted by molar-refractivity contribution is 0.779. The van der Waals surface area contributed by atoms with E-state index in [1.54, 1.807) is 23.3 Å². The van der Waals surface area contributed by atoms with Gasteiger partial charge in [-0.3, -0.25) is 0 Å². The SMILES string of the molecule is CSN(C)c1nc(N(CCN)CCN)sc1C. The summed E-state index contributed by atoms with van der Waals surface area (Å²) in [5.41, 5.74) is 11.2. The van der Waals surface area contributed by atoms with Crippen molar-refractivity contribution in [3.05, 3.63) is 4.88 Å². The van der Waals surface area contributed by atoms with Crippen molar-refractivity contribution in [1.82, 2.24) is 4.98 Å². The van der Waals surface area contributed by atoms with Crippen LogP contribution in [-0.2, 0) is 0 Å². The maximum absolute atomic E-state index is 5.61. The van der Waals surface area contributed by atoms with Crippen LogP contribution in [0.4, 0.5) is 10.9 Å². The third kappa shape index (κ3) is 3.74. The van der Waals surface area contributed by atoms with Gasteiger partial charge in [-0.05, 0) is 6.92 Å². The van der Waals surface area contributed by atoms with Gasteiger partial charge in [0.05, 0.1) is 0 Å². The molecule has 0 aliphatic heterocycles. The molecule has 4 N–H and O–H groups in total. The molecule has 0 bridgehead atoms. The first-order chi connectivity index (χ1) is 8.13. The van der Waals surface area contributed by atoms with Gasteiger partial charge in [-0.1, -0.05) is 23.3 Å². The van der Waals surface area contributed by atoms with Crippen molar-refractivity contribution in [2.75, 3.05) is 48.7 Å². The molecule has 0 aliphatic carbocycles. The lowest BCUT2D eigenvalue weighted by Gasteiger charge is -2.20. The fraction of sp³-hybridized carbons (Fsp3) is 0.700. The number of thiazole rings is 1. The van der Waals surface area contributed by atoms with E-state index in [1.807, 2.05) is 13.3 Å². The Morgan fingerprint density at radius 2 is 1.88 bits per heavy atom. The van der Waals surface area contributed by atoms with Crippen molar-refractivity contribution < 1.29 is 0 Å². The molecular formula is C10H21N5S2. The standard InChI is InChI=1S/C10H21N5S2/c1-8-9(14(2)16-3)13-10(17-8)15(6-4-11)7-5-12/h4-7,11-12H2,1-3H3. The van der Waals surface area contributed by atoms with Gasteiger partial charge in [0.1, 0.15) is 0 Å². The number of nitrogens with two attached hydrogens (primary N) is 2. The topological polar surface area (TPSA) is 71.4 Å². The van der Waals surface area contributed by atoms with Gasteiger partial charge in [-0.25, -0.2) is 4.98 Å². The summed E-state index contributed by atoms with van der Waals surface area (Å²) in [7, 11) is 2.02. The Kier molecular flexibility index (Phi) is 6.04. The number of anilines is 2. The zero-order valence-corrected chi connectivity index (χ0v) is 12.3. The molecule has 0 spiro atoms. The van der Waals surface area contributed by atoms with Crippen LogP contribution in [0.25, 0.3) is 0 Å². The van der Waals surface area contributed by atoms with Crippen LogP contribution in [0.2, 0.25) is 0 Å². The van der Waals surface area contributed by atoms with Crippen molar-refractivity contribution in [2.45, 2.75) is 6.92 Å². The van der Waals surface area contributed by atoms with Crippen LogP contribution < -0.4 is 20.7 Å². The summed E-state index contributed by atoms with van der Waals surface area (Å²) >= 11 is 3.35. The first-order valence-corrected chi connectivity index (χ1v) is 7.54. The molecule has 17 heavy (non-hydrogen) atoms. The minimum Gasteiger partial charge on any atom is -0.345 e. The molecule has 0 atom stereocenters. The van der Waals surface area contributed by atoms with E-state index in [4.69, 9.17) is 11.5 Å². The summed E-state index contributed by atoms with van der Waals surface area (Å²) in [6, 6.07) is 0. The van der Waals surface area contributed by atoms with Gasteiger partial charge in [-0.15, -0.1) is 0 Å². The Balaban J connectivity index is 2.89. The van der Waals surface area contributed by atoms with Crippen molar-refractivity contribution in [1.29, 1.82) is 0 Å². The van der Waals surface area contributed by atoms with Crippen molar-refractivity contribution in [2.24, 2.45) is 11.5 Å². The average molecular weight is 275 g/mol. The third-order valence-corrected chi connectivity index (χ3v) is 4.14. The molecule has 0 fully saturated rings. The minimum absolute atomic E-state index is 0.617. The maximum Gasteiger partial charge on any atom is 0.187 e. The van der Waals surface area contributed by atoms with Gasteiger partial charge < -0.3 is 20.7 Å². The number of rotatable bonds is 7. The number of aromatic nitrogens is 1.